The van der Waals surface area contributed by atoms with Crippen LogP contribution in [0.2, 0.25) is 0 Å². The van der Waals surface area contributed by atoms with Gasteiger partial charge in [0.25, 0.3) is 0 Å². The Morgan fingerprint density at radius 3 is 2.49 bits per heavy atom. The van der Waals surface area contributed by atoms with Crippen LogP contribution in [0.25, 0.3) is 0 Å². The lowest BCUT2D eigenvalue weighted by molar-refractivity contribution is -0.152. The van der Waals surface area contributed by atoms with Crippen molar-refractivity contribution < 1.29 is 24.2 Å². The molecule has 198 valence electrons. The van der Waals surface area contributed by atoms with Crippen LogP contribution in [0.15, 0.2) is 54.6 Å². The number of likely N-dealkylation sites (tertiary alicyclic amines) is 1. The zero-order valence-corrected chi connectivity index (χ0v) is 21.8. The Morgan fingerprint density at radius 2 is 1.78 bits per heavy atom. The molecular weight excluding hydrogens is 470 g/mol. The molecule has 4 heterocycles. The number of rotatable bonds is 7. The molecule has 0 bridgehead atoms. The molecule has 1 aromatic rings. The Labute approximate surface area is 218 Å². The molecule has 8 nitrogen and oxygen atoms in total. The van der Waals surface area contributed by atoms with Crippen molar-refractivity contribution in [3.05, 3.63) is 60.2 Å². The van der Waals surface area contributed by atoms with E-state index >= 15 is 0 Å². The van der Waals surface area contributed by atoms with Crippen molar-refractivity contribution in [1.29, 1.82) is 0 Å². The lowest BCUT2D eigenvalue weighted by Crippen LogP contribution is -2.58. The standard InChI is InChI=1S/C29H37N3O5/c1-4-10-19(2)31-16-9-14-29-24(27(35)32(20(3)18-33)25(29)28(31)36)23-22(37-29)13-8-15-30(26(23)34)17-21-11-6-5-7-12-21/h5-9,11-14,19-20,22-25,33H,4,10,15-18H2,1-3H3/t19?,20-,22+,23-,24+,25?,29+/m1/s1. The van der Waals surface area contributed by atoms with E-state index in [0.29, 0.717) is 19.6 Å². The molecule has 0 aromatic heterocycles. The molecule has 0 aliphatic carbocycles. The van der Waals surface area contributed by atoms with Gasteiger partial charge in [-0.3, -0.25) is 14.4 Å². The number of carbonyl (C=O) groups is 3. The highest BCUT2D eigenvalue weighted by Gasteiger charge is 2.72. The largest absolute Gasteiger partial charge is 0.394 e. The number of hydrogen-bond acceptors (Lipinski definition) is 5. The third-order valence-corrected chi connectivity index (χ3v) is 8.41. The first-order chi connectivity index (χ1) is 17.8. The minimum atomic E-state index is -1.26. The Bertz CT molecular complexity index is 1100. The monoisotopic (exact) mass is 507 g/mol. The second-order valence-corrected chi connectivity index (χ2v) is 10.8. The van der Waals surface area contributed by atoms with Crippen LogP contribution in [0, 0.1) is 11.8 Å². The van der Waals surface area contributed by atoms with Gasteiger partial charge < -0.3 is 24.5 Å². The first kappa shape index (κ1) is 25.7. The smallest absolute Gasteiger partial charge is 0.249 e. The molecular formula is C29H37N3O5. The number of benzene rings is 1. The number of aliphatic hydroxyl groups excluding tert-OH is 1. The van der Waals surface area contributed by atoms with Crippen LogP contribution < -0.4 is 0 Å². The number of carbonyl (C=O) groups excluding carboxylic acids is 3. The molecule has 2 unspecified atom stereocenters. The quantitative estimate of drug-likeness (QED) is 0.571. The van der Waals surface area contributed by atoms with Crippen molar-refractivity contribution in [2.75, 3.05) is 19.7 Å². The Hall–Kier alpha value is -2.97. The second-order valence-electron chi connectivity index (χ2n) is 10.8. The molecule has 3 amide bonds. The molecule has 2 saturated heterocycles. The van der Waals surface area contributed by atoms with Crippen molar-refractivity contribution in [3.63, 3.8) is 0 Å². The van der Waals surface area contributed by atoms with Gasteiger partial charge in [-0.25, -0.2) is 0 Å². The molecule has 5 rings (SSSR count). The fourth-order valence-electron chi connectivity index (χ4n) is 6.62. The lowest BCUT2D eigenvalue weighted by Gasteiger charge is -2.39. The summed E-state index contributed by atoms with van der Waals surface area (Å²) in [6.45, 7) is 6.83. The fraction of sp³-hybridized carbons (Fsp3) is 0.552. The minimum absolute atomic E-state index is 0.00694. The molecule has 0 saturated carbocycles. The van der Waals surface area contributed by atoms with E-state index in [2.05, 4.69) is 6.92 Å². The van der Waals surface area contributed by atoms with Gasteiger partial charge in [-0.15, -0.1) is 0 Å². The van der Waals surface area contributed by atoms with E-state index < -0.39 is 35.6 Å². The highest BCUT2D eigenvalue weighted by Crippen LogP contribution is 2.54. The Morgan fingerprint density at radius 1 is 1.03 bits per heavy atom. The predicted molar refractivity (Wildman–Crippen MR) is 138 cm³/mol. The van der Waals surface area contributed by atoms with Crippen LogP contribution in [-0.2, 0) is 25.7 Å². The molecule has 7 atom stereocenters. The van der Waals surface area contributed by atoms with E-state index in [1.165, 1.54) is 4.90 Å². The number of fused-ring (bicyclic) bond motifs is 2. The molecule has 2 fully saturated rings. The van der Waals surface area contributed by atoms with E-state index in [-0.39, 0.29) is 30.4 Å². The average molecular weight is 508 g/mol. The Balaban J connectivity index is 1.55. The maximum Gasteiger partial charge on any atom is 0.249 e. The summed E-state index contributed by atoms with van der Waals surface area (Å²) in [4.78, 5) is 47.3. The van der Waals surface area contributed by atoms with Crippen molar-refractivity contribution in [2.24, 2.45) is 11.8 Å². The lowest BCUT2D eigenvalue weighted by atomic mass is 9.77. The van der Waals surface area contributed by atoms with Crippen LogP contribution in [-0.4, -0.2) is 87.1 Å². The van der Waals surface area contributed by atoms with Gasteiger partial charge in [0.1, 0.15) is 11.6 Å². The van der Waals surface area contributed by atoms with Gasteiger partial charge in [-0.2, -0.15) is 0 Å². The summed E-state index contributed by atoms with van der Waals surface area (Å²) in [5.41, 5.74) is -0.254. The third kappa shape index (κ3) is 4.10. The number of amides is 3. The van der Waals surface area contributed by atoms with Crippen LogP contribution in [0.3, 0.4) is 0 Å². The number of hydrogen-bond donors (Lipinski definition) is 1. The molecule has 4 aliphatic rings. The van der Waals surface area contributed by atoms with E-state index in [4.69, 9.17) is 4.74 Å². The normalized spacial score (nSPS) is 32.6. The summed E-state index contributed by atoms with van der Waals surface area (Å²) in [6, 6.07) is 8.25. The van der Waals surface area contributed by atoms with E-state index in [1.807, 2.05) is 66.5 Å². The maximum absolute atomic E-state index is 14.1. The summed E-state index contributed by atoms with van der Waals surface area (Å²) in [7, 11) is 0. The molecule has 1 N–H and O–H groups in total. The van der Waals surface area contributed by atoms with Gasteiger partial charge in [-0.1, -0.05) is 68.0 Å². The average Bonchev–Trinajstić information content (AvgIpc) is 3.22. The van der Waals surface area contributed by atoms with Crippen molar-refractivity contribution in [3.8, 4) is 0 Å². The van der Waals surface area contributed by atoms with Crippen molar-refractivity contribution in [1.82, 2.24) is 14.7 Å². The Kier molecular flexibility index (Phi) is 6.98. The van der Waals surface area contributed by atoms with Gasteiger partial charge in [-0.05, 0) is 25.8 Å². The summed E-state index contributed by atoms with van der Waals surface area (Å²) in [5.74, 6) is -2.22. The predicted octanol–water partition coefficient (Wildman–Crippen LogP) is 2.13. The van der Waals surface area contributed by atoms with Crippen LogP contribution in [0.1, 0.15) is 39.2 Å². The minimum Gasteiger partial charge on any atom is -0.394 e. The first-order valence-electron chi connectivity index (χ1n) is 13.4. The van der Waals surface area contributed by atoms with Crippen molar-refractivity contribution in [2.45, 2.75) is 70.0 Å². The number of ether oxygens (including phenoxy) is 1. The van der Waals surface area contributed by atoms with Gasteiger partial charge in [0.05, 0.1) is 30.6 Å². The molecule has 0 radical (unpaired) electrons. The summed E-state index contributed by atoms with van der Waals surface area (Å²) in [6.07, 6.45) is 8.75. The first-order valence-corrected chi connectivity index (χ1v) is 13.4. The van der Waals surface area contributed by atoms with Gasteiger partial charge in [0.2, 0.25) is 17.7 Å². The zero-order chi connectivity index (χ0) is 26.3. The SMILES string of the molecule is CCCC(C)N1CC=C[C@]23O[C@H]4C=CCN(Cc5ccccc5)C(=O)[C@H]4[C@H]2C(=O)N([C@H](C)CO)C3C1=O. The molecule has 4 aliphatic heterocycles. The second kappa shape index (κ2) is 10.1. The van der Waals surface area contributed by atoms with E-state index in [1.54, 1.807) is 11.8 Å². The summed E-state index contributed by atoms with van der Waals surface area (Å²) < 4.78 is 6.65. The van der Waals surface area contributed by atoms with E-state index in [9.17, 15) is 19.5 Å². The highest BCUT2D eigenvalue weighted by atomic mass is 16.5. The number of aliphatic hydroxyl groups is 1. The topological polar surface area (TPSA) is 90.4 Å². The molecule has 8 heteroatoms. The third-order valence-electron chi connectivity index (χ3n) is 8.41. The maximum atomic E-state index is 14.1. The zero-order valence-electron chi connectivity index (χ0n) is 21.8. The number of nitrogens with zero attached hydrogens (tertiary/aromatic N) is 3. The fourth-order valence-corrected chi connectivity index (χ4v) is 6.62. The van der Waals surface area contributed by atoms with Crippen LogP contribution in [0.4, 0.5) is 0 Å². The molecule has 37 heavy (non-hydrogen) atoms. The van der Waals surface area contributed by atoms with E-state index in [0.717, 1.165) is 18.4 Å². The summed E-state index contributed by atoms with van der Waals surface area (Å²) in [5, 5.41) is 10.1. The van der Waals surface area contributed by atoms with Gasteiger partial charge >= 0.3 is 0 Å². The molecule has 1 spiro atoms. The summed E-state index contributed by atoms with van der Waals surface area (Å²) >= 11 is 0. The van der Waals surface area contributed by atoms with Crippen LogP contribution in [0.5, 0.6) is 0 Å². The highest BCUT2D eigenvalue weighted by molar-refractivity contribution is 6.00. The van der Waals surface area contributed by atoms with Crippen LogP contribution >= 0.6 is 0 Å². The van der Waals surface area contributed by atoms with Crippen molar-refractivity contribution >= 4 is 17.7 Å². The van der Waals surface area contributed by atoms with Gasteiger partial charge in [0.15, 0.2) is 0 Å². The molecule has 1 aromatic carbocycles. The van der Waals surface area contributed by atoms with Gasteiger partial charge in [0, 0.05) is 25.7 Å².